The summed E-state index contributed by atoms with van der Waals surface area (Å²) in [7, 11) is 0. The second-order valence-corrected chi connectivity index (χ2v) is 7.43. The molecule has 0 aliphatic carbocycles. The van der Waals surface area contributed by atoms with Gasteiger partial charge in [-0.25, -0.2) is 0 Å². The number of benzene rings is 1. The number of aryl methyl sites for hydroxylation is 1. The molecule has 0 unspecified atom stereocenters. The highest BCUT2D eigenvalue weighted by Crippen LogP contribution is 2.14. The van der Waals surface area contributed by atoms with Crippen molar-refractivity contribution in [3.8, 4) is 0 Å². The molecular formula is C20H33N3O2+2. The molecule has 2 fully saturated rings. The molecule has 138 valence electrons. The first kappa shape index (κ1) is 18.4. The Bertz CT molecular complexity index is 550. The van der Waals surface area contributed by atoms with E-state index in [2.05, 4.69) is 18.3 Å². The zero-order valence-electron chi connectivity index (χ0n) is 15.5. The van der Waals surface area contributed by atoms with Crippen molar-refractivity contribution in [1.29, 1.82) is 0 Å². The van der Waals surface area contributed by atoms with Gasteiger partial charge in [-0.15, -0.1) is 0 Å². The summed E-state index contributed by atoms with van der Waals surface area (Å²) < 4.78 is 5.87. The molecule has 5 heteroatoms. The van der Waals surface area contributed by atoms with Gasteiger partial charge in [-0.05, 0) is 37.3 Å². The van der Waals surface area contributed by atoms with Gasteiger partial charge in [-0.2, -0.15) is 0 Å². The molecule has 1 aromatic carbocycles. The van der Waals surface area contributed by atoms with Crippen LogP contribution in [0.1, 0.15) is 31.7 Å². The fourth-order valence-corrected chi connectivity index (χ4v) is 4.00. The third-order valence-corrected chi connectivity index (χ3v) is 5.54. The van der Waals surface area contributed by atoms with Crippen LogP contribution in [0.25, 0.3) is 0 Å². The molecule has 1 amide bonds. The number of carbonyl (C=O) groups is 1. The van der Waals surface area contributed by atoms with E-state index in [1.807, 2.05) is 18.2 Å². The van der Waals surface area contributed by atoms with E-state index in [9.17, 15) is 4.79 Å². The number of amides is 1. The van der Waals surface area contributed by atoms with Crippen LogP contribution in [0.2, 0.25) is 0 Å². The highest BCUT2D eigenvalue weighted by Gasteiger charge is 2.28. The fourth-order valence-electron chi connectivity index (χ4n) is 4.00. The van der Waals surface area contributed by atoms with Gasteiger partial charge in [-0.1, -0.05) is 25.1 Å². The second-order valence-electron chi connectivity index (χ2n) is 7.43. The van der Waals surface area contributed by atoms with Gasteiger partial charge in [0.05, 0.1) is 0 Å². The lowest BCUT2D eigenvalue weighted by Crippen LogP contribution is -3.28. The van der Waals surface area contributed by atoms with Crippen molar-refractivity contribution in [2.45, 2.75) is 38.7 Å². The van der Waals surface area contributed by atoms with Crippen molar-refractivity contribution in [3.05, 3.63) is 29.8 Å². The average molecular weight is 348 g/mol. The Kier molecular flexibility index (Phi) is 6.84. The van der Waals surface area contributed by atoms with E-state index >= 15 is 0 Å². The number of nitrogens with one attached hydrogen (secondary N) is 3. The van der Waals surface area contributed by atoms with Gasteiger partial charge < -0.3 is 19.9 Å². The summed E-state index contributed by atoms with van der Waals surface area (Å²) >= 11 is 0. The number of carbonyl (C=O) groups excluding carboxylic acids is 1. The third-order valence-electron chi connectivity index (χ3n) is 5.54. The maximum Gasteiger partial charge on any atom is 0.279 e. The van der Waals surface area contributed by atoms with E-state index in [0.717, 1.165) is 51.4 Å². The maximum absolute atomic E-state index is 12.4. The summed E-state index contributed by atoms with van der Waals surface area (Å²) in [5.74, 6) is 0.134. The summed E-state index contributed by atoms with van der Waals surface area (Å²) in [4.78, 5) is 15.4. The Morgan fingerprint density at radius 1 is 1.16 bits per heavy atom. The zero-order valence-corrected chi connectivity index (χ0v) is 15.5. The lowest BCUT2D eigenvalue weighted by molar-refractivity contribution is -1.01. The zero-order chi connectivity index (χ0) is 17.5. The molecule has 0 aromatic heterocycles. The van der Waals surface area contributed by atoms with Crippen molar-refractivity contribution in [1.82, 2.24) is 0 Å². The number of hydrogen-bond acceptors (Lipinski definition) is 2. The van der Waals surface area contributed by atoms with Gasteiger partial charge in [0.2, 0.25) is 0 Å². The van der Waals surface area contributed by atoms with Crippen molar-refractivity contribution >= 4 is 11.6 Å². The highest BCUT2D eigenvalue weighted by molar-refractivity contribution is 5.92. The van der Waals surface area contributed by atoms with E-state index < -0.39 is 0 Å². The molecule has 0 bridgehead atoms. The Morgan fingerprint density at radius 3 is 2.64 bits per heavy atom. The molecule has 0 spiro atoms. The number of quaternary nitrogens is 2. The second kappa shape index (κ2) is 9.32. The average Bonchev–Trinajstić information content (AvgIpc) is 2.64. The molecule has 0 saturated carbocycles. The number of para-hydroxylation sites is 1. The van der Waals surface area contributed by atoms with Gasteiger partial charge >= 0.3 is 0 Å². The van der Waals surface area contributed by atoms with Crippen LogP contribution in [0.4, 0.5) is 5.69 Å². The van der Waals surface area contributed by atoms with Crippen LogP contribution in [0.15, 0.2) is 24.3 Å². The smallest absolute Gasteiger partial charge is 0.279 e. The Labute approximate surface area is 151 Å². The minimum absolute atomic E-state index is 0.134. The molecule has 2 aliphatic heterocycles. The Morgan fingerprint density at radius 2 is 1.92 bits per heavy atom. The van der Waals surface area contributed by atoms with Crippen LogP contribution < -0.4 is 15.1 Å². The van der Waals surface area contributed by atoms with Gasteiger partial charge in [0.15, 0.2) is 6.54 Å². The first-order valence-electron chi connectivity index (χ1n) is 9.91. The Hall–Kier alpha value is -1.43. The molecule has 2 saturated heterocycles. The SMILES string of the molecule is CCc1ccccc1NC(=O)C[NH+]1CC[NH+](C[C@H]2CCCCO2)CC1. The first-order chi connectivity index (χ1) is 12.2. The quantitative estimate of drug-likeness (QED) is 0.652. The fraction of sp³-hybridized carbons (Fsp3) is 0.650. The molecule has 3 rings (SSSR count). The maximum atomic E-state index is 12.4. The van der Waals surface area contributed by atoms with Crippen LogP contribution >= 0.6 is 0 Å². The molecule has 2 aliphatic rings. The summed E-state index contributed by atoms with van der Waals surface area (Å²) in [5.41, 5.74) is 2.17. The van der Waals surface area contributed by atoms with E-state index in [-0.39, 0.29) is 5.91 Å². The van der Waals surface area contributed by atoms with E-state index in [1.54, 1.807) is 4.90 Å². The van der Waals surface area contributed by atoms with Crippen LogP contribution in [-0.2, 0) is 16.0 Å². The van der Waals surface area contributed by atoms with Crippen molar-refractivity contribution in [2.24, 2.45) is 0 Å². The minimum atomic E-state index is 0.134. The van der Waals surface area contributed by atoms with Crippen LogP contribution in [-0.4, -0.2) is 57.9 Å². The third kappa shape index (κ3) is 5.53. The summed E-state index contributed by atoms with van der Waals surface area (Å²) in [6, 6.07) is 8.09. The molecular weight excluding hydrogens is 314 g/mol. The highest BCUT2D eigenvalue weighted by atomic mass is 16.5. The standard InChI is InChI=1S/C20H31N3O2/c1-2-17-7-3-4-9-19(17)21-20(24)16-23-12-10-22(11-13-23)15-18-8-5-6-14-25-18/h3-4,7,9,18H,2,5-6,8,10-16H2,1H3,(H,21,24)/p+2/t18-/m1/s1. The van der Waals surface area contributed by atoms with Crippen molar-refractivity contribution in [3.63, 3.8) is 0 Å². The summed E-state index contributed by atoms with van der Waals surface area (Å²) in [5, 5.41) is 3.10. The molecule has 1 atom stereocenters. The normalized spacial score (nSPS) is 27.0. The minimum Gasteiger partial charge on any atom is -0.372 e. The lowest BCUT2D eigenvalue weighted by Gasteiger charge is -2.32. The van der Waals surface area contributed by atoms with E-state index in [4.69, 9.17) is 4.74 Å². The topological polar surface area (TPSA) is 47.2 Å². The van der Waals surface area contributed by atoms with Gasteiger partial charge in [-0.3, -0.25) is 4.79 Å². The molecule has 1 aromatic rings. The van der Waals surface area contributed by atoms with Crippen molar-refractivity contribution < 1.29 is 19.3 Å². The molecule has 25 heavy (non-hydrogen) atoms. The Balaban J connectivity index is 1.40. The number of hydrogen-bond donors (Lipinski definition) is 3. The van der Waals surface area contributed by atoms with Gasteiger partial charge in [0, 0.05) is 12.3 Å². The van der Waals surface area contributed by atoms with Gasteiger partial charge in [0.25, 0.3) is 5.91 Å². The first-order valence-corrected chi connectivity index (χ1v) is 9.91. The predicted octanol–water partition coefficient (Wildman–Crippen LogP) is -0.460. The van der Waals surface area contributed by atoms with E-state index in [0.29, 0.717) is 12.6 Å². The van der Waals surface area contributed by atoms with Crippen molar-refractivity contribution in [2.75, 3.05) is 51.2 Å². The van der Waals surface area contributed by atoms with Crippen LogP contribution in [0.3, 0.4) is 0 Å². The molecule has 5 nitrogen and oxygen atoms in total. The van der Waals surface area contributed by atoms with Gasteiger partial charge in [0.1, 0.15) is 38.8 Å². The number of rotatable bonds is 6. The number of ether oxygens (including phenoxy) is 1. The lowest BCUT2D eigenvalue weighted by atomic mass is 10.1. The largest absolute Gasteiger partial charge is 0.372 e. The van der Waals surface area contributed by atoms with E-state index in [1.165, 1.54) is 29.7 Å². The molecule has 3 N–H and O–H groups in total. The van der Waals surface area contributed by atoms with Crippen LogP contribution in [0, 0.1) is 0 Å². The summed E-state index contributed by atoms with van der Waals surface area (Å²) in [6.45, 7) is 9.22. The number of anilines is 1. The predicted molar refractivity (Wildman–Crippen MR) is 99.2 cm³/mol. The monoisotopic (exact) mass is 347 g/mol. The van der Waals surface area contributed by atoms with Crippen LogP contribution in [0.5, 0.6) is 0 Å². The number of piperazine rings is 1. The summed E-state index contributed by atoms with van der Waals surface area (Å²) in [6.07, 6.45) is 5.15. The molecule has 0 radical (unpaired) electrons. The molecule has 2 heterocycles.